The minimum absolute atomic E-state index is 0.0278. The number of carbonyl (C=O) groups is 2. The second-order valence-corrected chi connectivity index (χ2v) is 12.5. The van der Waals surface area contributed by atoms with Crippen molar-refractivity contribution >= 4 is 11.8 Å². The molecular weight excluding hydrogens is 456 g/mol. The quantitative estimate of drug-likeness (QED) is 0.507. The average molecular weight is 497 g/mol. The van der Waals surface area contributed by atoms with Gasteiger partial charge in [0.15, 0.2) is 0 Å². The summed E-state index contributed by atoms with van der Waals surface area (Å²) in [5.74, 6) is 2.24. The number of fused-ring (bicyclic) bond motifs is 5. The zero-order valence-electron chi connectivity index (χ0n) is 22.2. The Morgan fingerprint density at radius 3 is 2.46 bits per heavy atom. The lowest BCUT2D eigenvalue weighted by atomic mass is 9.49. The SMILES string of the molecule is C[C@]12CC[C@H]3[C@@H](CC=C4NC(=O)CC[C@@]43C)[C@@H]1CC[C@@H]2C(=O)N[C@@H](Cc1ccccc1)c1ccccc1. The molecule has 37 heavy (non-hydrogen) atoms. The number of hydrogen-bond acceptors (Lipinski definition) is 2. The van der Waals surface area contributed by atoms with Crippen LogP contribution in [-0.2, 0) is 16.0 Å². The summed E-state index contributed by atoms with van der Waals surface area (Å²) in [4.78, 5) is 26.1. The fourth-order valence-corrected chi connectivity index (χ4v) is 8.68. The molecule has 0 bridgehead atoms. The van der Waals surface area contributed by atoms with Crippen molar-refractivity contribution in [3.63, 3.8) is 0 Å². The van der Waals surface area contributed by atoms with Gasteiger partial charge in [0.25, 0.3) is 0 Å². The van der Waals surface area contributed by atoms with Crippen LogP contribution in [-0.4, -0.2) is 11.8 Å². The monoisotopic (exact) mass is 496 g/mol. The maximum absolute atomic E-state index is 14.0. The van der Waals surface area contributed by atoms with Crippen LogP contribution in [0.15, 0.2) is 72.4 Å². The number of carbonyl (C=O) groups excluding carboxylic acids is 2. The molecule has 1 aliphatic heterocycles. The highest BCUT2D eigenvalue weighted by Gasteiger charge is 2.60. The fraction of sp³-hybridized carbons (Fsp3) is 0.515. The van der Waals surface area contributed by atoms with Gasteiger partial charge in [-0.15, -0.1) is 0 Å². The Morgan fingerprint density at radius 2 is 1.70 bits per heavy atom. The molecule has 3 aliphatic carbocycles. The molecule has 0 unspecified atom stereocenters. The number of piperidine rings is 1. The minimum atomic E-state index is -0.0278. The lowest BCUT2D eigenvalue weighted by molar-refractivity contribution is -0.133. The van der Waals surface area contributed by atoms with E-state index >= 15 is 0 Å². The van der Waals surface area contributed by atoms with Crippen LogP contribution in [0.4, 0.5) is 0 Å². The highest BCUT2D eigenvalue weighted by atomic mass is 16.2. The summed E-state index contributed by atoms with van der Waals surface area (Å²) in [6, 6.07) is 20.9. The van der Waals surface area contributed by atoms with E-state index in [4.69, 9.17) is 0 Å². The van der Waals surface area contributed by atoms with Crippen LogP contribution in [0.2, 0.25) is 0 Å². The molecule has 1 heterocycles. The number of benzene rings is 2. The topological polar surface area (TPSA) is 58.2 Å². The van der Waals surface area contributed by atoms with Crippen LogP contribution in [0.5, 0.6) is 0 Å². The Morgan fingerprint density at radius 1 is 0.973 bits per heavy atom. The molecule has 0 radical (unpaired) electrons. The largest absolute Gasteiger partial charge is 0.349 e. The van der Waals surface area contributed by atoms with E-state index < -0.39 is 0 Å². The maximum Gasteiger partial charge on any atom is 0.224 e. The molecule has 2 aromatic rings. The summed E-state index contributed by atoms with van der Waals surface area (Å²) >= 11 is 0. The van der Waals surface area contributed by atoms with Crippen LogP contribution in [0.3, 0.4) is 0 Å². The van der Waals surface area contributed by atoms with Crippen molar-refractivity contribution in [3.8, 4) is 0 Å². The van der Waals surface area contributed by atoms with Crippen molar-refractivity contribution in [1.82, 2.24) is 10.6 Å². The van der Waals surface area contributed by atoms with E-state index in [-0.39, 0.29) is 34.6 Å². The Balaban J connectivity index is 1.22. The van der Waals surface area contributed by atoms with Crippen LogP contribution < -0.4 is 10.6 Å². The van der Waals surface area contributed by atoms with Gasteiger partial charge in [0.2, 0.25) is 11.8 Å². The number of hydrogen-bond donors (Lipinski definition) is 2. The van der Waals surface area contributed by atoms with Gasteiger partial charge in [-0.2, -0.15) is 0 Å². The molecule has 3 fully saturated rings. The zero-order chi connectivity index (χ0) is 25.6. The van der Waals surface area contributed by atoms with Crippen molar-refractivity contribution in [2.45, 2.75) is 71.3 Å². The summed E-state index contributed by atoms with van der Waals surface area (Å²) in [5, 5.41) is 6.72. The van der Waals surface area contributed by atoms with E-state index in [1.54, 1.807) is 0 Å². The van der Waals surface area contributed by atoms with E-state index in [0.29, 0.717) is 24.2 Å². The van der Waals surface area contributed by atoms with Crippen LogP contribution >= 0.6 is 0 Å². The molecule has 2 N–H and O–H groups in total. The number of allylic oxidation sites excluding steroid dienone is 2. The van der Waals surface area contributed by atoms with Gasteiger partial charge in [-0.3, -0.25) is 9.59 Å². The van der Waals surface area contributed by atoms with E-state index in [1.165, 1.54) is 16.8 Å². The predicted molar refractivity (Wildman–Crippen MR) is 146 cm³/mol. The van der Waals surface area contributed by atoms with Crippen LogP contribution in [0.25, 0.3) is 0 Å². The highest BCUT2D eigenvalue weighted by molar-refractivity contribution is 5.81. The molecule has 6 rings (SSSR count). The molecule has 194 valence electrons. The first-order valence-electron chi connectivity index (χ1n) is 14.3. The smallest absolute Gasteiger partial charge is 0.224 e. The first-order valence-corrected chi connectivity index (χ1v) is 14.3. The Hall–Kier alpha value is -2.88. The summed E-state index contributed by atoms with van der Waals surface area (Å²) in [5.41, 5.74) is 3.70. The lowest BCUT2D eigenvalue weighted by Crippen LogP contribution is -2.54. The zero-order valence-corrected chi connectivity index (χ0v) is 22.2. The third kappa shape index (κ3) is 4.23. The maximum atomic E-state index is 14.0. The molecule has 4 nitrogen and oxygen atoms in total. The Bertz CT molecular complexity index is 1190. The van der Waals surface area contributed by atoms with Gasteiger partial charge in [-0.05, 0) is 79.2 Å². The molecule has 7 atom stereocenters. The Labute approximate surface area is 221 Å². The van der Waals surface area contributed by atoms with Crippen LogP contribution in [0, 0.1) is 34.5 Å². The molecule has 2 saturated carbocycles. The average Bonchev–Trinajstić information content (AvgIpc) is 3.27. The molecular formula is C33H40N2O2. The van der Waals surface area contributed by atoms with Crippen molar-refractivity contribution in [2.75, 3.05) is 0 Å². The molecule has 1 saturated heterocycles. The standard InChI is InChI=1S/C33H40N2O2/c1-32-19-17-26-24(13-16-29-33(26,2)20-18-30(36)35-29)25(32)14-15-27(32)31(37)34-28(23-11-7-4-8-12-23)21-22-9-5-3-6-10-22/h3-12,16,24-28H,13-15,17-21H2,1-2H3,(H,34,37)(H,35,36)/t24-,25-,26-,27+,28-,32-,33+/m0/s1. The van der Waals surface area contributed by atoms with Gasteiger partial charge >= 0.3 is 0 Å². The molecule has 2 amide bonds. The summed E-state index contributed by atoms with van der Waals surface area (Å²) in [7, 11) is 0. The third-order valence-corrected chi connectivity index (χ3v) is 10.7. The molecule has 4 heteroatoms. The normalized spacial score (nSPS) is 35.3. The number of amides is 2. The van der Waals surface area contributed by atoms with Crippen molar-refractivity contribution in [3.05, 3.63) is 83.6 Å². The lowest BCUT2D eigenvalue weighted by Gasteiger charge is -2.57. The van der Waals surface area contributed by atoms with Gasteiger partial charge in [0.1, 0.15) is 0 Å². The van der Waals surface area contributed by atoms with Crippen molar-refractivity contribution in [2.24, 2.45) is 34.5 Å². The van der Waals surface area contributed by atoms with Gasteiger partial charge in [0.05, 0.1) is 6.04 Å². The van der Waals surface area contributed by atoms with Crippen molar-refractivity contribution < 1.29 is 9.59 Å². The van der Waals surface area contributed by atoms with Crippen LogP contribution in [0.1, 0.15) is 76.0 Å². The predicted octanol–water partition coefficient (Wildman–Crippen LogP) is 6.35. The van der Waals surface area contributed by atoms with E-state index in [2.05, 4.69) is 79.1 Å². The molecule has 2 aromatic carbocycles. The fourth-order valence-electron chi connectivity index (χ4n) is 8.68. The number of nitrogens with one attached hydrogen (secondary N) is 2. The third-order valence-electron chi connectivity index (χ3n) is 10.7. The van der Waals surface area contributed by atoms with E-state index in [1.807, 2.05) is 12.1 Å². The molecule has 0 spiro atoms. The summed E-state index contributed by atoms with van der Waals surface area (Å²) in [6.07, 6.45) is 10.1. The second-order valence-electron chi connectivity index (χ2n) is 12.5. The first kappa shape index (κ1) is 24.5. The van der Waals surface area contributed by atoms with E-state index in [0.717, 1.165) is 44.9 Å². The number of rotatable bonds is 5. The second kappa shape index (κ2) is 9.45. The molecule has 4 aliphatic rings. The van der Waals surface area contributed by atoms with Gasteiger partial charge in [0, 0.05) is 23.5 Å². The molecule has 0 aromatic heterocycles. The summed E-state index contributed by atoms with van der Waals surface area (Å²) in [6.45, 7) is 4.79. The Kier molecular flexibility index (Phi) is 6.25. The minimum Gasteiger partial charge on any atom is -0.349 e. The van der Waals surface area contributed by atoms with E-state index in [9.17, 15) is 9.59 Å². The highest BCUT2D eigenvalue weighted by Crippen LogP contribution is 2.65. The summed E-state index contributed by atoms with van der Waals surface area (Å²) < 4.78 is 0. The van der Waals surface area contributed by atoms with Gasteiger partial charge in [-0.1, -0.05) is 80.6 Å². The van der Waals surface area contributed by atoms with Crippen molar-refractivity contribution in [1.29, 1.82) is 0 Å². The first-order chi connectivity index (χ1) is 17.9. The van der Waals surface area contributed by atoms with Gasteiger partial charge in [-0.25, -0.2) is 0 Å². The van der Waals surface area contributed by atoms with Gasteiger partial charge < -0.3 is 10.6 Å².